The van der Waals surface area contributed by atoms with Crippen LogP contribution in [0.5, 0.6) is 0 Å². The van der Waals surface area contributed by atoms with Gasteiger partial charge in [0.15, 0.2) is 0 Å². The highest BCUT2D eigenvalue weighted by atomic mass is 16.1. The van der Waals surface area contributed by atoms with Gasteiger partial charge in [-0.3, -0.25) is 4.79 Å². The summed E-state index contributed by atoms with van der Waals surface area (Å²) in [6.45, 7) is 0.619. The van der Waals surface area contributed by atoms with Crippen LogP contribution in [0.1, 0.15) is 15.9 Å². The number of amides is 1. The summed E-state index contributed by atoms with van der Waals surface area (Å²) in [5.74, 6) is -0.0225. The largest absolute Gasteiger partial charge is 0.350 e. The molecule has 0 heterocycles. The summed E-state index contributed by atoms with van der Waals surface area (Å²) in [7, 11) is 4.10. The van der Waals surface area contributed by atoms with Crippen molar-refractivity contribution in [3.8, 4) is 0 Å². The van der Waals surface area contributed by atoms with Crippen molar-refractivity contribution in [1.82, 2.24) is 10.2 Å². The third-order valence-corrected chi connectivity index (χ3v) is 4.55. The number of likely N-dealkylation sites (N-methyl/N-ethyl adjacent to an activating group) is 1. The zero-order chi connectivity index (χ0) is 17.6. The van der Waals surface area contributed by atoms with E-state index < -0.39 is 0 Å². The summed E-state index contributed by atoms with van der Waals surface area (Å²) in [5.41, 5.74) is 1.98. The fourth-order valence-corrected chi connectivity index (χ4v) is 2.97. The molecule has 3 aromatic carbocycles. The van der Waals surface area contributed by atoms with Crippen molar-refractivity contribution in [2.75, 3.05) is 20.6 Å². The van der Waals surface area contributed by atoms with Gasteiger partial charge >= 0.3 is 0 Å². The van der Waals surface area contributed by atoms with Gasteiger partial charge < -0.3 is 10.2 Å². The number of nitrogens with zero attached hydrogens (tertiary/aromatic N) is 1. The van der Waals surface area contributed by atoms with Gasteiger partial charge in [0.25, 0.3) is 5.91 Å². The molecule has 0 unspecified atom stereocenters. The molecule has 1 N–H and O–H groups in total. The highest BCUT2D eigenvalue weighted by Gasteiger charge is 2.14. The second-order valence-corrected chi connectivity index (χ2v) is 6.58. The Morgan fingerprint density at radius 3 is 2.32 bits per heavy atom. The number of carbonyl (C=O) groups excluding carboxylic acids is 1. The van der Waals surface area contributed by atoms with E-state index in [9.17, 15) is 4.79 Å². The van der Waals surface area contributed by atoms with Gasteiger partial charge in [0.05, 0.1) is 0 Å². The third kappa shape index (κ3) is 4.46. The Labute approximate surface area is 149 Å². The molecule has 3 aromatic rings. The van der Waals surface area contributed by atoms with Gasteiger partial charge in [-0.2, -0.15) is 0 Å². The lowest BCUT2D eigenvalue weighted by molar-refractivity contribution is 0.0942. The van der Waals surface area contributed by atoms with E-state index in [2.05, 4.69) is 54.6 Å². The van der Waals surface area contributed by atoms with Gasteiger partial charge in [0.2, 0.25) is 0 Å². The fraction of sp³-hybridized carbons (Fsp3) is 0.227. The average Bonchev–Trinajstić information content (AvgIpc) is 2.65. The predicted octanol–water partition coefficient (Wildman–Crippen LogP) is 3.74. The summed E-state index contributed by atoms with van der Waals surface area (Å²) < 4.78 is 0. The molecule has 0 aromatic heterocycles. The molecule has 1 atom stereocenters. The van der Waals surface area contributed by atoms with Crippen LogP contribution in [-0.4, -0.2) is 37.5 Å². The molecule has 0 radical (unpaired) electrons. The highest BCUT2D eigenvalue weighted by molar-refractivity contribution is 5.98. The van der Waals surface area contributed by atoms with Gasteiger partial charge in [-0.15, -0.1) is 0 Å². The van der Waals surface area contributed by atoms with Gasteiger partial charge in [0, 0.05) is 18.2 Å². The first-order chi connectivity index (χ1) is 12.1. The fourth-order valence-electron chi connectivity index (χ4n) is 2.97. The minimum atomic E-state index is -0.0225. The molecule has 0 spiro atoms. The van der Waals surface area contributed by atoms with Gasteiger partial charge in [-0.25, -0.2) is 0 Å². The Kier molecular flexibility index (Phi) is 5.46. The maximum Gasteiger partial charge on any atom is 0.251 e. The predicted molar refractivity (Wildman–Crippen MR) is 104 cm³/mol. The summed E-state index contributed by atoms with van der Waals surface area (Å²) in [6, 6.07) is 24.6. The monoisotopic (exact) mass is 332 g/mol. The van der Waals surface area contributed by atoms with E-state index in [0.717, 1.165) is 17.2 Å². The molecule has 0 aliphatic rings. The Morgan fingerprint density at radius 1 is 0.920 bits per heavy atom. The zero-order valence-corrected chi connectivity index (χ0v) is 14.8. The molecule has 0 saturated heterocycles. The van der Waals surface area contributed by atoms with Crippen molar-refractivity contribution in [2.45, 2.75) is 12.5 Å². The lowest BCUT2D eigenvalue weighted by Gasteiger charge is -2.25. The normalized spacial score (nSPS) is 12.3. The van der Waals surface area contributed by atoms with E-state index in [4.69, 9.17) is 0 Å². The van der Waals surface area contributed by atoms with Crippen LogP contribution in [0.3, 0.4) is 0 Å². The highest BCUT2D eigenvalue weighted by Crippen LogP contribution is 2.15. The van der Waals surface area contributed by atoms with Gasteiger partial charge in [-0.1, -0.05) is 60.7 Å². The third-order valence-electron chi connectivity index (χ3n) is 4.55. The molecule has 3 nitrogen and oxygen atoms in total. The Morgan fingerprint density at radius 2 is 1.60 bits per heavy atom. The molecule has 0 aliphatic heterocycles. The first-order valence-electron chi connectivity index (χ1n) is 8.61. The number of hydrogen-bond donors (Lipinski definition) is 1. The molecule has 3 heteroatoms. The number of hydrogen-bond acceptors (Lipinski definition) is 2. The summed E-state index contributed by atoms with van der Waals surface area (Å²) in [6.07, 6.45) is 0.909. The maximum absolute atomic E-state index is 12.5. The Balaban J connectivity index is 1.66. The van der Waals surface area contributed by atoms with Crippen LogP contribution in [0.2, 0.25) is 0 Å². The number of carbonyl (C=O) groups is 1. The molecule has 1 amide bonds. The minimum absolute atomic E-state index is 0.0225. The van der Waals surface area contributed by atoms with Crippen LogP contribution in [0.25, 0.3) is 10.8 Å². The molecular weight excluding hydrogens is 308 g/mol. The van der Waals surface area contributed by atoms with Gasteiger partial charge in [-0.05, 0) is 49.0 Å². The Hall–Kier alpha value is -2.65. The van der Waals surface area contributed by atoms with E-state index in [0.29, 0.717) is 12.1 Å². The van der Waals surface area contributed by atoms with Crippen molar-refractivity contribution < 1.29 is 4.79 Å². The lowest BCUT2D eigenvalue weighted by Crippen LogP contribution is -2.41. The number of rotatable bonds is 6. The molecule has 0 bridgehead atoms. The number of benzene rings is 3. The van der Waals surface area contributed by atoms with E-state index in [-0.39, 0.29) is 11.9 Å². The molecular formula is C22H24N2O. The standard InChI is InChI=1S/C22H24N2O/c1-24(2)21(14-17-8-4-3-5-9-17)16-23-22(25)20-13-12-18-10-6-7-11-19(18)15-20/h3-13,15,21H,14,16H2,1-2H3,(H,23,25)/t21-/m0/s1. The average molecular weight is 332 g/mol. The van der Waals surface area contributed by atoms with Crippen molar-refractivity contribution in [1.29, 1.82) is 0 Å². The Bertz CT molecular complexity index is 843. The van der Waals surface area contributed by atoms with Crippen LogP contribution in [0.15, 0.2) is 72.8 Å². The molecule has 128 valence electrons. The van der Waals surface area contributed by atoms with Crippen molar-refractivity contribution in [3.05, 3.63) is 83.9 Å². The van der Waals surface area contributed by atoms with Crippen molar-refractivity contribution in [3.63, 3.8) is 0 Å². The van der Waals surface area contributed by atoms with E-state index in [1.165, 1.54) is 5.56 Å². The van der Waals surface area contributed by atoms with E-state index in [1.54, 1.807) is 0 Å². The van der Waals surface area contributed by atoms with Crippen molar-refractivity contribution in [2.24, 2.45) is 0 Å². The lowest BCUT2D eigenvalue weighted by atomic mass is 10.0. The molecule has 0 saturated carbocycles. The quantitative estimate of drug-likeness (QED) is 0.746. The van der Waals surface area contributed by atoms with E-state index in [1.807, 2.05) is 42.5 Å². The maximum atomic E-state index is 12.5. The first kappa shape index (κ1) is 17.2. The molecule has 3 rings (SSSR count). The zero-order valence-electron chi connectivity index (χ0n) is 14.8. The van der Waals surface area contributed by atoms with Crippen molar-refractivity contribution >= 4 is 16.7 Å². The number of fused-ring (bicyclic) bond motifs is 1. The summed E-state index contributed by atoms with van der Waals surface area (Å²) >= 11 is 0. The van der Waals surface area contributed by atoms with Crippen LogP contribution in [0.4, 0.5) is 0 Å². The van der Waals surface area contributed by atoms with Crippen LogP contribution >= 0.6 is 0 Å². The summed E-state index contributed by atoms with van der Waals surface area (Å²) in [4.78, 5) is 14.7. The molecule has 0 aliphatic carbocycles. The van der Waals surface area contributed by atoms with E-state index >= 15 is 0 Å². The van der Waals surface area contributed by atoms with Crippen LogP contribution in [-0.2, 0) is 6.42 Å². The van der Waals surface area contributed by atoms with Crippen LogP contribution in [0, 0.1) is 0 Å². The second kappa shape index (κ2) is 7.95. The molecule has 0 fully saturated rings. The SMILES string of the molecule is CN(C)[C@H](CNC(=O)c1ccc2ccccc2c1)Cc1ccccc1. The second-order valence-electron chi connectivity index (χ2n) is 6.58. The van der Waals surface area contributed by atoms with Gasteiger partial charge in [0.1, 0.15) is 0 Å². The summed E-state index contributed by atoms with van der Waals surface area (Å²) in [5, 5.41) is 5.32. The smallest absolute Gasteiger partial charge is 0.251 e. The molecule has 25 heavy (non-hydrogen) atoms. The number of nitrogens with one attached hydrogen (secondary N) is 1. The topological polar surface area (TPSA) is 32.3 Å². The van der Waals surface area contributed by atoms with Crippen LogP contribution < -0.4 is 5.32 Å². The minimum Gasteiger partial charge on any atom is -0.350 e. The first-order valence-corrected chi connectivity index (χ1v) is 8.61.